The molecule has 0 fully saturated rings. The Kier molecular flexibility index (Phi) is 3.02. The molecule has 0 N–H and O–H groups in total. The van der Waals surface area contributed by atoms with Gasteiger partial charge in [0.15, 0.2) is 0 Å². The molecule has 0 aliphatic carbocycles. The largest absolute Gasteiger partial charge is 0.229 e. The monoisotopic (exact) mass is 155 g/mol. The normalized spacial score (nSPS) is 10.9. The molecule has 0 bridgehead atoms. The zero-order valence-corrected chi connectivity index (χ0v) is 6.64. The lowest BCUT2D eigenvalue weighted by molar-refractivity contribution is 0.874. The zero-order valence-electron chi connectivity index (χ0n) is 5.82. The van der Waals surface area contributed by atoms with E-state index in [0.717, 1.165) is 18.1 Å². The molecule has 0 amide bonds. The molecule has 0 aliphatic heterocycles. The van der Waals surface area contributed by atoms with Crippen molar-refractivity contribution in [1.29, 1.82) is 0 Å². The Hall–Kier alpha value is -0.770. The van der Waals surface area contributed by atoms with Crippen molar-refractivity contribution in [2.75, 3.05) is 6.54 Å². The van der Waals surface area contributed by atoms with E-state index in [-0.39, 0.29) is 0 Å². The summed E-state index contributed by atoms with van der Waals surface area (Å²) >= 11 is 1.50. The summed E-state index contributed by atoms with van der Waals surface area (Å²) in [6.45, 7) is 2.86. The van der Waals surface area contributed by atoms with Crippen LogP contribution in [0, 0.1) is 0 Å². The quantitative estimate of drug-likeness (QED) is 0.618. The van der Waals surface area contributed by atoms with Gasteiger partial charge in [0.2, 0.25) is 5.13 Å². The van der Waals surface area contributed by atoms with Gasteiger partial charge in [0.25, 0.3) is 0 Å². The SMILES string of the molecule is CCCN=Nc1nccs1. The Morgan fingerprint density at radius 2 is 2.60 bits per heavy atom. The highest BCUT2D eigenvalue weighted by Gasteiger charge is 1.86. The summed E-state index contributed by atoms with van der Waals surface area (Å²) in [5.41, 5.74) is 0. The van der Waals surface area contributed by atoms with Crippen LogP contribution in [-0.2, 0) is 0 Å². The first-order chi connectivity index (χ1) is 4.93. The number of nitrogens with zero attached hydrogens (tertiary/aromatic N) is 3. The molecular weight excluding hydrogens is 146 g/mol. The summed E-state index contributed by atoms with van der Waals surface area (Å²) in [5, 5.41) is 10.4. The molecule has 0 radical (unpaired) electrons. The Morgan fingerprint density at radius 3 is 3.20 bits per heavy atom. The van der Waals surface area contributed by atoms with Crippen molar-refractivity contribution in [2.24, 2.45) is 10.2 Å². The maximum Gasteiger partial charge on any atom is 0.229 e. The van der Waals surface area contributed by atoms with Crippen LogP contribution >= 0.6 is 11.3 Å². The summed E-state index contributed by atoms with van der Waals surface area (Å²) in [5.74, 6) is 0. The van der Waals surface area contributed by atoms with Crippen molar-refractivity contribution < 1.29 is 0 Å². The molecule has 1 heterocycles. The van der Waals surface area contributed by atoms with E-state index in [1.807, 2.05) is 5.38 Å². The van der Waals surface area contributed by atoms with Crippen molar-refractivity contribution in [2.45, 2.75) is 13.3 Å². The molecule has 0 atom stereocenters. The molecule has 10 heavy (non-hydrogen) atoms. The molecule has 1 rings (SSSR count). The third-order valence-electron chi connectivity index (χ3n) is 0.899. The zero-order chi connectivity index (χ0) is 7.23. The molecule has 0 unspecified atom stereocenters. The standard InChI is InChI=1S/C6H9N3S/c1-2-3-8-9-6-7-4-5-10-6/h4-5H,2-3H2,1H3. The van der Waals surface area contributed by atoms with Crippen LogP contribution < -0.4 is 0 Å². The number of hydrogen-bond donors (Lipinski definition) is 0. The number of rotatable bonds is 3. The van der Waals surface area contributed by atoms with Gasteiger partial charge in [-0.05, 0) is 6.42 Å². The number of hydrogen-bond acceptors (Lipinski definition) is 4. The molecule has 0 saturated carbocycles. The van der Waals surface area contributed by atoms with Crippen LogP contribution in [0.25, 0.3) is 0 Å². The fraction of sp³-hybridized carbons (Fsp3) is 0.500. The van der Waals surface area contributed by atoms with Gasteiger partial charge in [-0.2, -0.15) is 5.11 Å². The Balaban J connectivity index is 2.40. The molecule has 0 spiro atoms. The molecule has 0 saturated heterocycles. The van der Waals surface area contributed by atoms with E-state index in [1.165, 1.54) is 11.3 Å². The minimum Gasteiger partial charge on any atom is -0.226 e. The van der Waals surface area contributed by atoms with Crippen LogP contribution in [-0.4, -0.2) is 11.5 Å². The average Bonchev–Trinajstić information content (AvgIpc) is 2.41. The van der Waals surface area contributed by atoms with E-state index in [1.54, 1.807) is 6.20 Å². The van der Waals surface area contributed by atoms with Gasteiger partial charge in [0, 0.05) is 11.6 Å². The fourth-order valence-electron chi connectivity index (χ4n) is 0.476. The first kappa shape index (κ1) is 7.34. The van der Waals surface area contributed by atoms with E-state index >= 15 is 0 Å². The van der Waals surface area contributed by atoms with E-state index < -0.39 is 0 Å². The molecule has 0 aromatic carbocycles. The van der Waals surface area contributed by atoms with E-state index in [9.17, 15) is 0 Å². The predicted molar refractivity (Wildman–Crippen MR) is 41.8 cm³/mol. The lowest BCUT2D eigenvalue weighted by Crippen LogP contribution is -1.69. The second kappa shape index (κ2) is 4.11. The molecule has 3 nitrogen and oxygen atoms in total. The van der Waals surface area contributed by atoms with Gasteiger partial charge in [-0.25, -0.2) is 4.98 Å². The van der Waals surface area contributed by atoms with Gasteiger partial charge >= 0.3 is 0 Å². The third kappa shape index (κ3) is 2.23. The van der Waals surface area contributed by atoms with E-state index in [4.69, 9.17) is 0 Å². The van der Waals surface area contributed by atoms with E-state index in [0.29, 0.717) is 0 Å². The van der Waals surface area contributed by atoms with Gasteiger partial charge in [-0.15, -0.1) is 16.5 Å². The predicted octanol–water partition coefficient (Wildman–Crippen LogP) is 2.64. The highest BCUT2D eigenvalue weighted by atomic mass is 32.1. The number of azo groups is 1. The van der Waals surface area contributed by atoms with E-state index in [2.05, 4.69) is 22.1 Å². The maximum absolute atomic E-state index is 3.95. The van der Waals surface area contributed by atoms with Crippen LogP contribution in [0.2, 0.25) is 0 Å². The van der Waals surface area contributed by atoms with Crippen LogP contribution in [0.3, 0.4) is 0 Å². The second-order valence-corrected chi connectivity index (χ2v) is 2.65. The van der Waals surface area contributed by atoms with Crippen molar-refractivity contribution in [3.05, 3.63) is 11.6 Å². The smallest absolute Gasteiger partial charge is 0.226 e. The maximum atomic E-state index is 3.95. The second-order valence-electron chi connectivity index (χ2n) is 1.78. The molecule has 1 aromatic heterocycles. The van der Waals surface area contributed by atoms with Gasteiger partial charge < -0.3 is 0 Å². The van der Waals surface area contributed by atoms with Gasteiger partial charge in [0.05, 0.1) is 6.54 Å². The van der Waals surface area contributed by atoms with Gasteiger partial charge in [-0.3, -0.25) is 0 Å². The Labute approximate surface area is 63.8 Å². The summed E-state index contributed by atoms with van der Waals surface area (Å²) in [4.78, 5) is 3.95. The number of aromatic nitrogens is 1. The summed E-state index contributed by atoms with van der Waals surface area (Å²) in [7, 11) is 0. The number of thiazole rings is 1. The van der Waals surface area contributed by atoms with Crippen LogP contribution in [0.1, 0.15) is 13.3 Å². The van der Waals surface area contributed by atoms with Crippen molar-refractivity contribution in [3.8, 4) is 0 Å². The molecule has 0 aliphatic rings. The average molecular weight is 155 g/mol. The Morgan fingerprint density at radius 1 is 1.70 bits per heavy atom. The minimum atomic E-state index is 0.744. The fourth-order valence-corrected chi connectivity index (χ4v) is 0.946. The molecule has 1 aromatic rings. The van der Waals surface area contributed by atoms with Crippen LogP contribution in [0.4, 0.5) is 5.13 Å². The van der Waals surface area contributed by atoms with Gasteiger partial charge in [0.1, 0.15) is 0 Å². The highest BCUT2D eigenvalue weighted by molar-refractivity contribution is 7.13. The topological polar surface area (TPSA) is 37.6 Å². The summed E-state index contributed by atoms with van der Waals surface area (Å²) in [6.07, 6.45) is 2.76. The minimum absolute atomic E-state index is 0.744. The third-order valence-corrected chi connectivity index (χ3v) is 1.55. The molecule has 54 valence electrons. The van der Waals surface area contributed by atoms with Crippen molar-refractivity contribution in [3.63, 3.8) is 0 Å². The lowest BCUT2D eigenvalue weighted by Gasteiger charge is -1.81. The molecular formula is C6H9N3S. The first-order valence-corrected chi connectivity index (χ1v) is 4.08. The van der Waals surface area contributed by atoms with Gasteiger partial charge in [-0.1, -0.05) is 6.92 Å². The van der Waals surface area contributed by atoms with Crippen LogP contribution in [0.15, 0.2) is 21.8 Å². The van der Waals surface area contributed by atoms with Crippen molar-refractivity contribution >= 4 is 16.5 Å². The summed E-state index contributed by atoms with van der Waals surface area (Å²) < 4.78 is 0. The Bertz CT molecular complexity index is 193. The van der Waals surface area contributed by atoms with Crippen molar-refractivity contribution in [1.82, 2.24) is 4.98 Å². The molecule has 4 heteroatoms. The lowest BCUT2D eigenvalue weighted by atomic mass is 10.5. The first-order valence-electron chi connectivity index (χ1n) is 3.20. The highest BCUT2D eigenvalue weighted by Crippen LogP contribution is 2.14. The summed E-state index contributed by atoms with van der Waals surface area (Å²) in [6, 6.07) is 0. The van der Waals surface area contributed by atoms with Crippen LogP contribution in [0.5, 0.6) is 0 Å².